The van der Waals surface area contributed by atoms with Crippen molar-refractivity contribution in [2.45, 2.75) is 35.7 Å². The van der Waals surface area contributed by atoms with Crippen LogP contribution in [-0.2, 0) is 15.1 Å². The van der Waals surface area contributed by atoms with Gasteiger partial charge in [-0.05, 0) is 67.2 Å². The first-order chi connectivity index (χ1) is 9.33. The highest BCUT2D eigenvalue weighted by Crippen LogP contribution is 2.37. The van der Waals surface area contributed by atoms with Crippen molar-refractivity contribution >= 4 is 51.2 Å². The third kappa shape index (κ3) is 3.85. The first-order valence-corrected chi connectivity index (χ1v) is 8.88. The molecule has 0 amide bonds. The second kappa shape index (κ2) is 6.48. The molecule has 1 aromatic rings. The van der Waals surface area contributed by atoms with Gasteiger partial charge in [0.15, 0.2) is 0 Å². The topological polar surface area (TPSA) is 38.3 Å². The summed E-state index contributed by atoms with van der Waals surface area (Å²) in [6.07, 6.45) is 1.65. The van der Waals surface area contributed by atoms with E-state index < -0.39 is 9.02 Å². The molecular formula is C15H19I2NO2. The number of benzene rings is 1. The lowest BCUT2D eigenvalue weighted by molar-refractivity contribution is -0.165. The molecule has 0 atom stereocenters. The van der Waals surface area contributed by atoms with Crippen molar-refractivity contribution in [2.24, 2.45) is 0 Å². The van der Waals surface area contributed by atoms with E-state index in [1.807, 2.05) is 13.8 Å². The van der Waals surface area contributed by atoms with Gasteiger partial charge in [-0.2, -0.15) is 0 Å². The highest BCUT2D eigenvalue weighted by Gasteiger charge is 2.40. The molecule has 0 unspecified atom stereocenters. The van der Waals surface area contributed by atoms with E-state index in [-0.39, 0.29) is 5.97 Å². The number of nitrogens with one attached hydrogen (secondary N) is 1. The van der Waals surface area contributed by atoms with Crippen LogP contribution in [0.25, 0.3) is 0 Å². The average Bonchev–Trinajstić information content (AvgIpc) is 2.39. The zero-order chi connectivity index (χ0) is 14.8. The number of halogens is 2. The van der Waals surface area contributed by atoms with Crippen molar-refractivity contribution in [3.8, 4) is 0 Å². The Morgan fingerprint density at radius 3 is 2.30 bits per heavy atom. The molecule has 110 valence electrons. The molecule has 3 nitrogen and oxygen atoms in total. The van der Waals surface area contributed by atoms with Crippen molar-refractivity contribution in [3.05, 3.63) is 33.4 Å². The molecule has 0 radical (unpaired) electrons. The van der Waals surface area contributed by atoms with Crippen LogP contribution in [0.1, 0.15) is 32.3 Å². The molecule has 1 fully saturated rings. The Morgan fingerprint density at radius 1 is 1.25 bits per heavy atom. The van der Waals surface area contributed by atoms with E-state index in [0.29, 0.717) is 0 Å². The first-order valence-electron chi connectivity index (χ1n) is 6.73. The number of carbonyl (C=O) groups excluding carboxylic acids is 1. The summed E-state index contributed by atoms with van der Waals surface area (Å²) in [5.74, 6) is -0.140. The predicted octanol–water partition coefficient (Wildman–Crippen LogP) is 3.63. The van der Waals surface area contributed by atoms with Gasteiger partial charge in [0.25, 0.3) is 0 Å². The monoisotopic (exact) mass is 499 g/mol. The SMILES string of the molecule is CC(C)(I)C(=O)OC1(c2ccc(I)cc2)CCNCC1. The summed E-state index contributed by atoms with van der Waals surface area (Å²) in [5, 5.41) is 3.34. The third-order valence-electron chi connectivity index (χ3n) is 3.56. The zero-order valence-electron chi connectivity index (χ0n) is 11.7. The molecular weight excluding hydrogens is 480 g/mol. The van der Waals surface area contributed by atoms with Crippen LogP contribution in [-0.4, -0.2) is 22.5 Å². The third-order valence-corrected chi connectivity index (χ3v) is 4.71. The summed E-state index contributed by atoms with van der Waals surface area (Å²) in [7, 11) is 0. The molecule has 1 aliphatic rings. The zero-order valence-corrected chi connectivity index (χ0v) is 16.0. The van der Waals surface area contributed by atoms with E-state index >= 15 is 0 Å². The van der Waals surface area contributed by atoms with E-state index in [9.17, 15) is 4.79 Å². The van der Waals surface area contributed by atoms with E-state index in [2.05, 4.69) is 74.8 Å². The first kappa shape index (κ1) is 16.5. The molecule has 5 heteroatoms. The number of alkyl halides is 1. The van der Waals surface area contributed by atoms with Gasteiger partial charge < -0.3 is 10.1 Å². The van der Waals surface area contributed by atoms with Gasteiger partial charge in [-0.25, -0.2) is 0 Å². The molecule has 0 bridgehead atoms. The molecule has 0 aromatic heterocycles. The van der Waals surface area contributed by atoms with Gasteiger partial charge in [0.1, 0.15) is 9.02 Å². The van der Waals surface area contributed by atoms with E-state index in [1.165, 1.54) is 3.57 Å². The highest BCUT2D eigenvalue weighted by atomic mass is 127. The second-order valence-electron chi connectivity index (χ2n) is 5.61. The number of piperidine rings is 1. The Kier molecular flexibility index (Phi) is 5.34. The maximum Gasteiger partial charge on any atom is 0.322 e. The van der Waals surface area contributed by atoms with Crippen molar-refractivity contribution in [1.29, 1.82) is 0 Å². The summed E-state index contributed by atoms with van der Waals surface area (Å²) in [4.78, 5) is 12.3. The van der Waals surface area contributed by atoms with E-state index in [4.69, 9.17) is 4.74 Å². The van der Waals surface area contributed by atoms with Gasteiger partial charge in [-0.1, -0.05) is 34.7 Å². The van der Waals surface area contributed by atoms with Crippen LogP contribution in [0.4, 0.5) is 0 Å². The minimum absolute atomic E-state index is 0.140. The maximum absolute atomic E-state index is 12.3. The molecule has 0 saturated carbocycles. The lowest BCUT2D eigenvalue weighted by Crippen LogP contribution is -2.45. The number of hydrogen-bond acceptors (Lipinski definition) is 3. The fourth-order valence-electron chi connectivity index (χ4n) is 2.33. The van der Waals surface area contributed by atoms with Crippen LogP contribution in [0, 0.1) is 3.57 Å². The van der Waals surface area contributed by atoms with Crippen LogP contribution in [0.2, 0.25) is 0 Å². The van der Waals surface area contributed by atoms with Crippen LogP contribution in [0.3, 0.4) is 0 Å². The molecule has 1 heterocycles. The lowest BCUT2D eigenvalue weighted by Gasteiger charge is -2.39. The normalized spacial score (nSPS) is 18.6. The molecule has 1 N–H and O–H groups in total. The molecule has 1 aliphatic heterocycles. The van der Waals surface area contributed by atoms with Crippen molar-refractivity contribution in [1.82, 2.24) is 5.32 Å². The van der Waals surface area contributed by atoms with Crippen molar-refractivity contribution < 1.29 is 9.53 Å². The minimum atomic E-state index is -0.501. The van der Waals surface area contributed by atoms with Gasteiger partial charge in [0.2, 0.25) is 0 Å². The standard InChI is InChI=1S/C15H19I2NO2/c1-14(2,17)13(19)20-15(7-9-18-10-8-15)11-3-5-12(16)6-4-11/h3-6,18H,7-10H2,1-2H3. The summed E-state index contributed by atoms with van der Waals surface area (Å²) < 4.78 is 6.67. The Balaban J connectivity index is 2.30. The Bertz CT molecular complexity index is 474. The Hall–Kier alpha value is 0.110. The molecule has 2 rings (SSSR count). The number of rotatable bonds is 3. The number of carbonyl (C=O) groups is 1. The fraction of sp³-hybridized carbons (Fsp3) is 0.533. The molecule has 20 heavy (non-hydrogen) atoms. The van der Waals surface area contributed by atoms with Gasteiger partial charge in [-0.15, -0.1) is 0 Å². The summed E-state index contributed by atoms with van der Waals surface area (Å²) in [6.45, 7) is 5.53. The number of hydrogen-bond donors (Lipinski definition) is 1. The Morgan fingerprint density at radius 2 is 1.80 bits per heavy atom. The van der Waals surface area contributed by atoms with Gasteiger partial charge in [0.05, 0.1) is 0 Å². The van der Waals surface area contributed by atoms with Gasteiger partial charge in [0, 0.05) is 16.4 Å². The van der Waals surface area contributed by atoms with Gasteiger partial charge in [-0.3, -0.25) is 4.79 Å². The molecule has 0 aliphatic carbocycles. The second-order valence-corrected chi connectivity index (χ2v) is 9.56. The highest BCUT2D eigenvalue weighted by molar-refractivity contribution is 14.1. The van der Waals surface area contributed by atoms with Gasteiger partial charge >= 0.3 is 5.97 Å². The lowest BCUT2D eigenvalue weighted by atomic mass is 9.84. The number of ether oxygens (including phenoxy) is 1. The van der Waals surface area contributed by atoms with Crippen LogP contribution >= 0.6 is 45.2 Å². The minimum Gasteiger partial charge on any atom is -0.453 e. The quantitative estimate of drug-likeness (QED) is 0.393. The smallest absolute Gasteiger partial charge is 0.322 e. The Labute approximate surface area is 147 Å². The number of esters is 1. The molecule has 1 saturated heterocycles. The van der Waals surface area contributed by atoms with E-state index in [0.717, 1.165) is 31.5 Å². The van der Waals surface area contributed by atoms with Crippen molar-refractivity contribution in [2.75, 3.05) is 13.1 Å². The van der Waals surface area contributed by atoms with E-state index in [1.54, 1.807) is 0 Å². The summed E-state index contributed by atoms with van der Waals surface area (Å²) in [6, 6.07) is 8.31. The molecule has 1 aromatic carbocycles. The largest absolute Gasteiger partial charge is 0.453 e. The predicted molar refractivity (Wildman–Crippen MR) is 97.1 cm³/mol. The van der Waals surface area contributed by atoms with Crippen LogP contribution in [0.5, 0.6) is 0 Å². The molecule has 0 spiro atoms. The van der Waals surface area contributed by atoms with Crippen LogP contribution < -0.4 is 5.32 Å². The maximum atomic E-state index is 12.3. The summed E-state index contributed by atoms with van der Waals surface area (Å²) in [5.41, 5.74) is 0.628. The summed E-state index contributed by atoms with van der Waals surface area (Å²) >= 11 is 4.43. The average molecular weight is 499 g/mol. The van der Waals surface area contributed by atoms with Crippen molar-refractivity contribution in [3.63, 3.8) is 0 Å². The van der Waals surface area contributed by atoms with Crippen LogP contribution in [0.15, 0.2) is 24.3 Å². The fourth-order valence-corrected chi connectivity index (χ4v) is 2.80.